The summed E-state index contributed by atoms with van der Waals surface area (Å²) < 4.78 is 15.3. The Bertz CT molecular complexity index is 623. The molecule has 23 heavy (non-hydrogen) atoms. The second-order valence-corrected chi connectivity index (χ2v) is 4.82. The largest absolute Gasteiger partial charge is 0.466 e. The lowest BCUT2D eigenvalue weighted by Gasteiger charge is -2.21. The molecule has 122 valence electrons. The maximum absolute atomic E-state index is 12.6. The molecule has 0 fully saturated rings. The van der Waals surface area contributed by atoms with Gasteiger partial charge in [-0.3, -0.25) is 9.59 Å². The molecule has 0 atom stereocenters. The van der Waals surface area contributed by atoms with Gasteiger partial charge in [0.2, 0.25) is 6.79 Å². The summed E-state index contributed by atoms with van der Waals surface area (Å²) in [6.07, 6.45) is 0.286. The highest BCUT2D eigenvalue weighted by atomic mass is 16.7. The van der Waals surface area contributed by atoms with Crippen LogP contribution in [0.2, 0.25) is 0 Å². The SMILES string of the molecule is CCOC(=O)CCN(CCC#N)C(=O)c1ccc2c(c1)OCO2. The van der Waals surface area contributed by atoms with Gasteiger partial charge in [0.05, 0.1) is 25.5 Å². The van der Waals surface area contributed by atoms with Crippen molar-refractivity contribution in [1.29, 1.82) is 5.26 Å². The van der Waals surface area contributed by atoms with Crippen LogP contribution < -0.4 is 9.47 Å². The van der Waals surface area contributed by atoms with Gasteiger partial charge in [-0.2, -0.15) is 5.26 Å². The van der Waals surface area contributed by atoms with E-state index in [4.69, 9.17) is 19.5 Å². The highest BCUT2D eigenvalue weighted by Gasteiger charge is 2.21. The van der Waals surface area contributed by atoms with E-state index in [-0.39, 0.29) is 44.6 Å². The summed E-state index contributed by atoms with van der Waals surface area (Å²) in [5.41, 5.74) is 0.427. The molecule has 1 heterocycles. The molecule has 0 saturated heterocycles. The fraction of sp³-hybridized carbons (Fsp3) is 0.438. The van der Waals surface area contributed by atoms with Crippen molar-refractivity contribution in [1.82, 2.24) is 4.90 Å². The van der Waals surface area contributed by atoms with Gasteiger partial charge in [-0.05, 0) is 25.1 Å². The second kappa shape index (κ2) is 8.03. The number of amides is 1. The fourth-order valence-electron chi connectivity index (χ4n) is 2.17. The number of hydrogen-bond acceptors (Lipinski definition) is 6. The lowest BCUT2D eigenvalue weighted by atomic mass is 10.1. The van der Waals surface area contributed by atoms with E-state index in [1.54, 1.807) is 25.1 Å². The van der Waals surface area contributed by atoms with Crippen LogP contribution in [-0.2, 0) is 9.53 Å². The lowest BCUT2D eigenvalue weighted by molar-refractivity contribution is -0.143. The van der Waals surface area contributed by atoms with Crippen LogP contribution in [-0.4, -0.2) is 43.3 Å². The molecule has 2 rings (SSSR count). The maximum atomic E-state index is 12.6. The summed E-state index contributed by atoms with van der Waals surface area (Å²) in [5, 5.41) is 8.74. The number of fused-ring (bicyclic) bond motifs is 1. The van der Waals surface area contributed by atoms with Crippen LogP contribution in [0.25, 0.3) is 0 Å². The molecule has 0 aromatic heterocycles. The maximum Gasteiger partial charge on any atom is 0.307 e. The summed E-state index contributed by atoms with van der Waals surface area (Å²) in [4.78, 5) is 25.5. The molecule has 0 spiro atoms. The number of benzene rings is 1. The average molecular weight is 318 g/mol. The van der Waals surface area contributed by atoms with Crippen LogP contribution >= 0.6 is 0 Å². The van der Waals surface area contributed by atoms with E-state index in [0.29, 0.717) is 23.7 Å². The van der Waals surface area contributed by atoms with Gasteiger partial charge in [0.25, 0.3) is 5.91 Å². The Balaban J connectivity index is 2.06. The fourth-order valence-corrected chi connectivity index (χ4v) is 2.17. The van der Waals surface area contributed by atoms with Crippen LogP contribution in [0.5, 0.6) is 11.5 Å². The first-order valence-corrected chi connectivity index (χ1v) is 7.37. The predicted octanol–water partition coefficient (Wildman–Crippen LogP) is 1.72. The van der Waals surface area contributed by atoms with Crippen molar-refractivity contribution in [2.45, 2.75) is 19.8 Å². The highest BCUT2D eigenvalue weighted by Crippen LogP contribution is 2.32. The summed E-state index contributed by atoms with van der Waals surface area (Å²) >= 11 is 0. The number of rotatable bonds is 7. The summed E-state index contributed by atoms with van der Waals surface area (Å²) in [5.74, 6) is 0.480. The zero-order chi connectivity index (χ0) is 16.7. The van der Waals surface area contributed by atoms with Crippen LogP contribution in [0.1, 0.15) is 30.1 Å². The topological polar surface area (TPSA) is 88.9 Å². The highest BCUT2D eigenvalue weighted by molar-refractivity contribution is 5.95. The molecule has 1 aromatic rings. The van der Waals surface area contributed by atoms with Gasteiger partial charge in [-0.25, -0.2) is 0 Å². The van der Waals surface area contributed by atoms with Gasteiger partial charge in [0.15, 0.2) is 11.5 Å². The Morgan fingerprint density at radius 1 is 1.30 bits per heavy atom. The third-order valence-corrected chi connectivity index (χ3v) is 3.29. The molecule has 0 N–H and O–H groups in total. The molecule has 1 aromatic carbocycles. The van der Waals surface area contributed by atoms with E-state index in [1.165, 1.54) is 4.90 Å². The first kappa shape index (κ1) is 16.6. The molecule has 7 nitrogen and oxygen atoms in total. The zero-order valence-electron chi connectivity index (χ0n) is 12.9. The molecule has 0 unspecified atom stereocenters. The van der Waals surface area contributed by atoms with E-state index in [0.717, 1.165) is 0 Å². The zero-order valence-corrected chi connectivity index (χ0v) is 12.9. The van der Waals surface area contributed by atoms with Gasteiger partial charge < -0.3 is 19.1 Å². The Kier molecular flexibility index (Phi) is 5.80. The van der Waals surface area contributed by atoms with Crippen molar-refractivity contribution >= 4 is 11.9 Å². The number of nitriles is 1. The standard InChI is InChI=1S/C16H18N2O5/c1-2-21-15(19)6-9-18(8-3-7-17)16(20)12-4-5-13-14(10-12)23-11-22-13/h4-5,10H,2-3,6,8-9,11H2,1H3. The Morgan fingerprint density at radius 2 is 2.09 bits per heavy atom. The van der Waals surface area contributed by atoms with E-state index < -0.39 is 0 Å². The van der Waals surface area contributed by atoms with Gasteiger partial charge in [0, 0.05) is 18.7 Å². The van der Waals surface area contributed by atoms with E-state index in [2.05, 4.69) is 0 Å². The number of esters is 1. The molecule has 1 aliphatic rings. The molecule has 1 amide bonds. The first-order valence-electron chi connectivity index (χ1n) is 7.37. The van der Waals surface area contributed by atoms with Gasteiger partial charge in [-0.15, -0.1) is 0 Å². The van der Waals surface area contributed by atoms with Crippen molar-refractivity contribution < 1.29 is 23.8 Å². The van der Waals surface area contributed by atoms with E-state index >= 15 is 0 Å². The van der Waals surface area contributed by atoms with E-state index in [1.807, 2.05) is 6.07 Å². The number of carbonyl (C=O) groups is 2. The molecule has 0 saturated carbocycles. The Hall–Kier alpha value is -2.75. The first-order chi connectivity index (χ1) is 11.2. The number of carbonyl (C=O) groups excluding carboxylic acids is 2. The average Bonchev–Trinajstić information content (AvgIpc) is 3.02. The minimum Gasteiger partial charge on any atom is -0.466 e. The van der Waals surface area contributed by atoms with Crippen LogP contribution in [0.15, 0.2) is 18.2 Å². The minimum atomic E-state index is -0.368. The van der Waals surface area contributed by atoms with Gasteiger partial charge >= 0.3 is 5.97 Å². The molecule has 1 aliphatic heterocycles. The van der Waals surface area contributed by atoms with Gasteiger partial charge in [-0.1, -0.05) is 0 Å². The monoisotopic (exact) mass is 318 g/mol. The quantitative estimate of drug-likeness (QED) is 0.711. The third kappa shape index (κ3) is 4.36. The lowest BCUT2D eigenvalue weighted by Crippen LogP contribution is -2.34. The predicted molar refractivity (Wildman–Crippen MR) is 79.9 cm³/mol. The van der Waals surface area contributed by atoms with Crippen LogP contribution in [0.3, 0.4) is 0 Å². The Labute approximate surface area is 134 Å². The van der Waals surface area contributed by atoms with Crippen molar-refractivity contribution in [3.05, 3.63) is 23.8 Å². The summed E-state index contributed by atoms with van der Waals surface area (Å²) in [6.45, 7) is 2.61. The number of hydrogen-bond donors (Lipinski definition) is 0. The van der Waals surface area contributed by atoms with Crippen molar-refractivity contribution in [2.75, 3.05) is 26.5 Å². The molecular weight excluding hydrogens is 300 g/mol. The van der Waals surface area contributed by atoms with Crippen LogP contribution in [0.4, 0.5) is 0 Å². The van der Waals surface area contributed by atoms with Crippen LogP contribution in [0, 0.1) is 11.3 Å². The van der Waals surface area contributed by atoms with Crippen molar-refractivity contribution in [3.8, 4) is 17.6 Å². The Morgan fingerprint density at radius 3 is 2.83 bits per heavy atom. The molecule has 7 heteroatoms. The molecule has 0 aliphatic carbocycles. The molecular formula is C16H18N2O5. The number of nitrogens with zero attached hydrogens (tertiary/aromatic N) is 2. The van der Waals surface area contributed by atoms with Gasteiger partial charge in [0.1, 0.15) is 0 Å². The summed E-state index contributed by atoms with van der Waals surface area (Å²) in [7, 11) is 0. The number of ether oxygens (including phenoxy) is 3. The normalized spacial score (nSPS) is 11.7. The van der Waals surface area contributed by atoms with Crippen molar-refractivity contribution in [3.63, 3.8) is 0 Å². The molecule has 0 bridgehead atoms. The second-order valence-electron chi connectivity index (χ2n) is 4.82. The van der Waals surface area contributed by atoms with E-state index in [9.17, 15) is 9.59 Å². The van der Waals surface area contributed by atoms with Crippen molar-refractivity contribution in [2.24, 2.45) is 0 Å². The minimum absolute atomic E-state index is 0.0928. The third-order valence-electron chi connectivity index (χ3n) is 3.29. The molecule has 0 radical (unpaired) electrons. The summed E-state index contributed by atoms with van der Waals surface area (Å²) in [6, 6.07) is 6.92. The smallest absolute Gasteiger partial charge is 0.307 e.